The second kappa shape index (κ2) is 7.80. The predicted molar refractivity (Wildman–Crippen MR) is 81.2 cm³/mol. The molecule has 2 unspecified atom stereocenters. The van der Waals surface area contributed by atoms with Gasteiger partial charge in [-0.25, -0.2) is 0 Å². The Bertz CT molecular complexity index is 368. The van der Waals surface area contributed by atoms with Crippen molar-refractivity contribution in [2.24, 2.45) is 5.92 Å². The topological polar surface area (TPSA) is 21.3 Å². The fourth-order valence-corrected chi connectivity index (χ4v) is 2.10. The number of ether oxygens (including phenoxy) is 1. The summed E-state index contributed by atoms with van der Waals surface area (Å²) in [5, 5.41) is 3.43. The molecule has 1 aromatic carbocycles. The molecule has 0 aliphatic heterocycles. The summed E-state index contributed by atoms with van der Waals surface area (Å²) in [5.74, 6) is 1.57. The number of benzene rings is 1. The van der Waals surface area contributed by atoms with Crippen LogP contribution < -0.4 is 10.1 Å². The number of hydrogen-bond donors (Lipinski definition) is 1. The zero-order chi connectivity index (χ0) is 13.5. The quantitative estimate of drug-likeness (QED) is 0.797. The van der Waals surface area contributed by atoms with Gasteiger partial charge in [0.15, 0.2) is 0 Å². The highest BCUT2D eigenvalue weighted by molar-refractivity contribution is 9.10. The van der Waals surface area contributed by atoms with Crippen LogP contribution >= 0.6 is 15.9 Å². The third-order valence-electron chi connectivity index (χ3n) is 3.17. The number of hydrogen-bond acceptors (Lipinski definition) is 2. The molecule has 2 atom stereocenters. The highest BCUT2D eigenvalue weighted by atomic mass is 79.9. The predicted octanol–water partition coefficient (Wildman–Crippen LogP) is 4.54. The summed E-state index contributed by atoms with van der Waals surface area (Å²) >= 11 is 3.51. The Labute approximate surface area is 119 Å². The smallest absolute Gasteiger partial charge is 0.125 e. The second-order valence-corrected chi connectivity index (χ2v) is 5.70. The maximum Gasteiger partial charge on any atom is 0.125 e. The molecule has 3 heteroatoms. The molecule has 0 amide bonds. The molecular formula is C15H24BrNO. The van der Waals surface area contributed by atoms with Crippen molar-refractivity contribution in [1.29, 1.82) is 0 Å². The lowest BCUT2D eigenvalue weighted by molar-refractivity contribution is 0.252. The van der Waals surface area contributed by atoms with Crippen molar-refractivity contribution in [2.45, 2.75) is 40.2 Å². The van der Waals surface area contributed by atoms with Crippen molar-refractivity contribution in [3.05, 3.63) is 28.2 Å². The molecule has 1 aromatic rings. The van der Waals surface area contributed by atoms with E-state index in [2.05, 4.69) is 67.1 Å². The monoisotopic (exact) mass is 313 g/mol. The van der Waals surface area contributed by atoms with Crippen LogP contribution in [0.5, 0.6) is 5.75 Å². The van der Waals surface area contributed by atoms with E-state index >= 15 is 0 Å². The van der Waals surface area contributed by atoms with Crippen molar-refractivity contribution in [1.82, 2.24) is 5.32 Å². The largest absolute Gasteiger partial charge is 0.493 e. The minimum atomic E-state index is 0.315. The molecule has 0 bridgehead atoms. The van der Waals surface area contributed by atoms with E-state index in [0.717, 1.165) is 29.8 Å². The zero-order valence-corrected chi connectivity index (χ0v) is 13.4. The van der Waals surface area contributed by atoms with Crippen LogP contribution in [0.15, 0.2) is 22.7 Å². The van der Waals surface area contributed by atoms with Gasteiger partial charge in [0.05, 0.1) is 6.61 Å². The summed E-state index contributed by atoms with van der Waals surface area (Å²) in [4.78, 5) is 0. The van der Waals surface area contributed by atoms with Gasteiger partial charge in [0.1, 0.15) is 5.75 Å². The Hall–Kier alpha value is -0.540. The van der Waals surface area contributed by atoms with E-state index in [1.807, 2.05) is 0 Å². The lowest BCUT2D eigenvalue weighted by atomic mass is 10.1. The third kappa shape index (κ3) is 4.62. The molecule has 0 radical (unpaired) electrons. The summed E-state index contributed by atoms with van der Waals surface area (Å²) < 4.78 is 7.03. The molecule has 0 saturated carbocycles. The molecule has 102 valence electrons. The first kappa shape index (κ1) is 15.5. The van der Waals surface area contributed by atoms with Crippen molar-refractivity contribution >= 4 is 15.9 Å². The fourth-order valence-electron chi connectivity index (χ4n) is 1.76. The highest BCUT2D eigenvalue weighted by Gasteiger charge is 2.12. The Balaban J connectivity index is 2.82. The van der Waals surface area contributed by atoms with Gasteiger partial charge in [-0.15, -0.1) is 0 Å². The van der Waals surface area contributed by atoms with Gasteiger partial charge in [0.2, 0.25) is 0 Å². The van der Waals surface area contributed by atoms with Crippen LogP contribution in [0.3, 0.4) is 0 Å². The summed E-state index contributed by atoms with van der Waals surface area (Å²) in [6, 6.07) is 6.57. The van der Waals surface area contributed by atoms with Crippen LogP contribution in [0.1, 0.15) is 45.7 Å². The van der Waals surface area contributed by atoms with Crippen LogP contribution in [-0.4, -0.2) is 13.2 Å². The van der Waals surface area contributed by atoms with Crippen molar-refractivity contribution in [3.8, 4) is 5.75 Å². The fraction of sp³-hybridized carbons (Fsp3) is 0.600. The first-order valence-electron chi connectivity index (χ1n) is 6.74. The molecular weight excluding hydrogens is 290 g/mol. The van der Waals surface area contributed by atoms with Gasteiger partial charge in [-0.1, -0.05) is 49.2 Å². The van der Waals surface area contributed by atoms with Gasteiger partial charge in [-0.2, -0.15) is 0 Å². The zero-order valence-electron chi connectivity index (χ0n) is 11.8. The standard InChI is InChI=1S/C15H24BrNO/c1-5-11(3)10-18-15-9-13(16)7-8-14(15)12(4)17-6-2/h7-9,11-12,17H,5-6,10H2,1-4H3. The Morgan fingerprint density at radius 2 is 2.00 bits per heavy atom. The highest BCUT2D eigenvalue weighted by Crippen LogP contribution is 2.29. The lowest BCUT2D eigenvalue weighted by Gasteiger charge is -2.19. The van der Waals surface area contributed by atoms with E-state index < -0.39 is 0 Å². The minimum Gasteiger partial charge on any atom is -0.493 e. The van der Waals surface area contributed by atoms with E-state index in [4.69, 9.17) is 4.74 Å². The second-order valence-electron chi connectivity index (χ2n) is 4.79. The number of halogens is 1. The van der Waals surface area contributed by atoms with Crippen LogP contribution in [0.2, 0.25) is 0 Å². The van der Waals surface area contributed by atoms with E-state index in [0.29, 0.717) is 12.0 Å². The summed E-state index contributed by atoms with van der Waals surface area (Å²) in [5.41, 5.74) is 1.23. The van der Waals surface area contributed by atoms with Gasteiger partial charge in [0.25, 0.3) is 0 Å². The van der Waals surface area contributed by atoms with Gasteiger partial charge >= 0.3 is 0 Å². The maximum absolute atomic E-state index is 5.97. The molecule has 0 saturated heterocycles. The maximum atomic E-state index is 5.97. The Morgan fingerprint density at radius 3 is 2.61 bits per heavy atom. The minimum absolute atomic E-state index is 0.315. The molecule has 2 nitrogen and oxygen atoms in total. The average Bonchev–Trinajstić information content (AvgIpc) is 2.36. The van der Waals surface area contributed by atoms with E-state index in [-0.39, 0.29) is 0 Å². The third-order valence-corrected chi connectivity index (χ3v) is 3.67. The Morgan fingerprint density at radius 1 is 1.28 bits per heavy atom. The van der Waals surface area contributed by atoms with E-state index in [1.165, 1.54) is 5.56 Å². The molecule has 0 aliphatic carbocycles. The molecule has 1 rings (SSSR count). The first-order chi connectivity index (χ1) is 8.58. The normalized spacial score (nSPS) is 14.3. The van der Waals surface area contributed by atoms with Crippen molar-refractivity contribution < 1.29 is 4.74 Å². The van der Waals surface area contributed by atoms with Crippen molar-refractivity contribution in [3.63, 3.8) is 0 Å². The molecule has 0 aromatic heterocycles. The van der Waals surface area contributed by atoms with Crippen LogP contribution in [0, 0.1) is 5.92 Å². The van der Waals surface area contributed by atoms with Crippen LogP contribution in [-0.2, 0) is 0 Å². The van der Waals surface area contributed by atoms with E-state index in [9.17, 15) is 0 Å². The van der Waals surface area contributed by atoms with Crippen LogP contribution in [0.25, 0.3) is 0 Å². The molecule has 0 aliphatic rings. The first-order valence-corrected chi connectivity index (χ1v) is 7.53. The number of rotatable bonds is 7. The molecule has 0 heterocycles. The van der Waals surface area contributed by atoms with E-state index in [1.54, 1.807) is 0 Å². The van der Waals surface area contributed by atoms with Gasteiger partial charge < -0.3 is 10.1 Å². The molecule has 18 heavy (non-hydrogen) atoms. The lowest BCUT2D eigenvalue weighted by Crippen LogP contribution is -2.19. The average molecular weight is 314 g/mol. The molecule has 1 N–H and O–H groups in total. The number of nitrogens with one attached hydrogen (secondary N) is 1. The van der Waals surface area contributed by atoms with Gasteiger partial charge in [0, 0.05) is 16.1 Å². The van der Waals surface area contributed by atoms with Crippen molar-refractivity contribution in [2.75, 3.05) is 13.2 Å². The van der Waals surface area contributed by atoms with Gasteiger partial charge in [-0.3, -0.25) is 0 Å². The Kier molecular flexibility index (Phi) is 6.72. The summed E-state index contributed by atoms with van der Waals surface area (Å²) in [6.45, 7) is 10.4. The summed E-state index contributed by atoms with van der Waals surface area (Å²) in [7, 11) is 0. The molecule has 0 spiro atoms. The molecule has 0 fully saturated rings. The summed E-state index contributed by atoms with van der Waals surface area (Å²) in [6.07, 6.45) is 1.14. The SMILES string of the molecule is CCNC(C)c1ccc(Br)cc1OCC(C)CC. The van der Waals surface area contributed by atoms with Crippen LogP contribution in [0.4, 0.5) is 0 Å². The van der Waals surface area contributed by atoms with Gasteiger partial charge in [-0.05, 0) is 31.5 Å².